The van der Waals surface area contributed by atoms with Crippen LogP contribution in [0.25, 0.3) is 0 Å². The molecular formula is C26H40ClFN4O5. The molecular weight excluding hydrogens is 503 g/mol. The number of benzene rings is 1. The second-order valence-electron chi connectivity index (χ2n) is 9.78. The van der Waals surface area contributed by atoms with E-state index in [-0.39, 0.29) is 36.2 Å². The van der Waals surface area contributed by atoms with E-state index in [1.165, 1.54) is 19.2 Å². The molecule has 2 heterocycles. The van der Waals surface area contributed by atoms with Gasteiger partial charge in [-0.1, -0.05) is 11.6 Å². The van der Waals surface area contributed by atoms with Gasteiger partial charge in [-0.2, -0.15) is 0 Å². The third-order valence-corrected chi connectivity index (χ3v) is 7.11. The Kier molecular flexibility index (Phi) is 12.2. The van der Waals surface area contributed by atoms with E-state index < -0.39 is 18.0 Å². The molecule has 2 saturated heterocycles. The van der Waals surface area contributed by atoms with Crippen molar-refractivity contribution in [2.24, 2.45) is 11.8 Å². The first-order valence-corrected chi connectivity index (χ1v) is 13.4. The number of amides is 3. The van der Waals surface area contributed by atoms with E-state index in [1.54, 1.807) is 6.07 Å². The molecule has 37 heavy (non-hydrogen) atoms. The molecule has 3 amide bonds. The summed E-state index contributed by atoms with van der Waals surface area (Å²) in [6, 6.07) is 4.25. The van der Waals surface area contributed by atoms with Gasteiger partial charge in [0.2, 0.25) is 0 Å². The number of halogens is 2. The molecule has 1 aromatic carbocycles. The van der Waals surface area contributed by atoms with Crippen LogP contribution >= 0.6 is 11.6 Å². The van der Waals surface area contributed by atoms with Crippen molar-refractivity contribution in [3.8, 4) is 0 Å². The van der Waals surface area contributed by atoms with E-state index in [0.29, 0.717) is 31.1 Å². The smallest absolute Gasteiger partial charge is 0.406 e. The number of urea groups is 1. The molecule has 2 aliphatic rings. The highest BCUT2D eigenvalue weighted by molar-refractivity contribution is 6.30. The van der Waals surface area contributed by atoms with E-state index in [4.69, 9.17) is 21.1 Å². The zero-order valence-corrected chi connectivity index (χ0v) is 22.5. The Labute approximate surface area is 223 Å². The number of carbonyl (C=O) groups is 2. The number of hydrogen-bond acceptors (Lipinski definition) is 6. The average Bonchev–Trinajstić information content (AvgIpc) is 2.88. The number of piperidine rings is 1. The Morgan fingerprint density at radius 1 is 1.27 bits per heavy atom. The molecule has 0 aliphatic carbocycles. The first-order chi connectivity index (χ1) is 17.9. The molecule has 0 spiro atoms. The Morgan fingerprint density at radius 3 is 2.81 bits per heavy atom. The van der Waals surface area contributed by atoms with Crippen LogP contribution in [0.15, 0.2) is 18.2 Å². The lowest BCUT2D eigenvalue weighted by Crippen LogP contribution is -2.52. The summed E-state index contributed by atoms with van der Waals surface area (Å²) >= 11 is 6.14. The van der Waals surface area contributed by atoms with Gasteiger partial charge in [0, 0.05) is 56.4 Å². The first kappa shape index (κ1) is 29.4. The van der Waals surface area contributed by atoms with Crippen molar-refractivity contribution >= 4 is 23.7 Å². The normalized spacial score (nSPS) is 21.7. The SMILES string of the molecule is CNC[C@@H](CC1CCCOC1)NC(=O)N1CCC[C@@H](C(OCCNC(=O)OC)c2cc(F)cc(Cl)c2)C1. The molecule has 0 aromatic heterocycles. The van der Waals surface area contributed by atoms with Gasteiger partial charge in [-0.3, -0.25) is 0 Å². The molecule has 0 radical (unpaired) electrons. The molecule has 2 aliphatic heterocycles. The summed E-state index contributed by atoms with van der Waals surface area (Å²) in [4.78, 5) is 26.5. The Balaban J connectivity index is 1.65. The number of nitrogens with one attached hydrogen (secondary N) is 3. The number of ether oxygens (including phenoxy) is 3. The van der Waals surface area contributed by atoms with Gasteiger partial charge in [0.05, 0.1) is 19.8 Å². The number of methoxy groups -OCH3 is 1. The van der Waals surface area contributed by atoms with Crippen molar-refractivity contribution in [1.82, 2.24) is 20.9 Å². The Bertz CT molecular complexity index is 853. The summed E-state index contributed by atoms with van der Waals surface area (Å²) < 4.78 is 30.6. The second kappa shape index (κ2) is 15.3. The molecule has 2 unspecified atom stereocenters. The predicted octanol–water partition coefficient (Wildman–Crippen LogP) is 3.72. The van der Waals surface area contributed by atoms with Crippen LogP contribution in [0.3, 0.4) is 0 Å². The molecule has 9 nitrogen and oxygen atoms in total. The summed E-state index contributed by atoms with van der Waals surface area (Å²) in [6.45, 7) is 3.77. The number of likely N-dealkylation sites (tertiary alicyclic amines) is 1. The monoisotopic (exact) mass is 542 g/mol. The van der Waals surface area contributed by atoms with Gasteiger partial charge in [0.25, 0.3) is 0 Å². The molecule has 0 bridgehead atoms. The van der Waals surface area contributed by atoms with E-state index in [9.17, 15) is 14.0 Å². The van der Waals surface area contributed by atoms with Crippen LogP contribution in [0.4, 0.5) is 14.0 Å². The zero-order valence-electron chi connectivity index (χ0n) is 21.8. The Hall–Kier alpha value is -2.14. The molecule has 11 heteroatoms. The van der Waals surface area contributed by atoms with Gasteiger partial charge in [-0.05, 0) is 68.8 Å². The summed E-state index contributed by atoms with van der Waals surface area (Å²) in [5.41, 5.74) is 0.612. The van der Waals surface area contributed by atoms with E-state index in [0.717, 1.165) is 45.3 Å². The van der Waals surface area contributed by atoms with Gasteiger partial charge >= 0.3 is 12.1 Å². The van der Waals surface area contributed by atoms with Crippen molar-refractivity contribution in [2.45, 2.75) is 44.2 Å². The van der Waals surface area contributed by atoms with Crippen molar-refractivity contribution in [3.05, 3.63) is 34.6 Å². The van der Waals surface area contributed by atoms with Crippen molar-refractivity contribution in [3.63, 3.8) is 0 Å². The molecule has 1 aromatic rings. The maximum atomic E-state index is 14.2. The van der Waals surface area contributed by atoms with Crippen LogP contribution in [-0.2, 0) is 14.2 Å². The van der Waals surface area contributed by atoms with Gasteiger partial charge in [0.1, 0.15) is 5.82 Å². The lowest BCUT2D eigenvalue weighted by molar-refractivity contribution is -0.00888. The number of hydrogen-bond donors (Lipinski definition) is 3. The van der Waals surface area contributed by atoms with Crippen molar-refractivity contribution in [1.29, 1.82) is 0 Å². The summed E-state index contributed by atoms with van der Waals surface area (Å²) in [5.74, 6) is -0.0728. The lowest BCUT2D eigenvalue weighted by Gasteiger charge is -2.38. The molecule has 4 atom stereocenters. The summed E-state index contributed by atoms with van der Waals surface area (Å²) in [7, 11) is 3.17. The number of alkyl carbamates (subject to hydrolysis) is 1. The predicted molar refractivity (Wildman–Crippen MR) is 139 cm³/mol. The van der Waals surface area contributed by atoms with Gasteiger partial charge in [0.15, 0.2) is 0 Å². The highest BCUT2D eigenvalue weighted by atomic mass is 35.5. The minimum absolute atomic E-state index is 0.00282. The quantitative estimate of drug-likeness (QED) is 0.368. The first-order valence-electron chi connectivity index (χ1n) is 13.1. The highest BCUT2D eigenvalue weighted by Gasteiger charge is 2.32. The van der Waals surface area contributed by atoms with Crippen LogP contribution in [-0.4, -0.2) is 83.2 Å². The maximum absolute atomic E-state index is 14.2. The largest absolute Gasteiger partial charge is 0.453 e. The van der Waals surface area contributed by atoms with Crippen molar-refractivity contribution < 1.29 is 28.2 Å². The molecule has 208 valence electrons. The second-order valence-corrected chi connectivity index (χ2v) is 10.2. The topological polar surface area (TPSA) is 101 Å². The van der Waals surface area contributed by atoms with Crippen LogP contribution in [0.5, 0.6) is 0 Å². The number of carbonyl (C=O) groups excluding carboxylic acids is 2. The van der Waals surface area contributed by atoms with E-state index >= 15 is 0 Å². The number of rotatable bonds is 11. The minimum Gasteiger partial charge on any atom is -0.453 e. The van der Waals surface area contributed by atoms with Crippen LogP contribution in [0, 0.1) is 17.7 Å². The van der Waals surface area contributed by atoms with Crippen LogP contribution < -0.4 is 16.0 Å². The fraction of sp³-hybridized carbons (Fsp3) is 0.692. The average molecular weight is 543 g/mol. The van der Waals surface area contributed by atoms with E-state index in [1.807, 2.05) is 11.9 Å². The van der Waals surface area contributed by atoms with Gasteiger partial charge < -0.3 is 35.1 Å². The third kappa shape index (κ3) is 9.59. The minimum atomic E-state index is -0.551. The molecule has 0 saturated carbocycles. The van der Waals surface area contributed by atoms with Gasteiger partial charge in [-0.15, -0.1) is 0 Å². The van der Waals surface area contributed by atoms with Crippen LogP contribution in [0.2, 0.25) is 5.02 Å². The van der Waals surface area contributed by atoms with Crippen LogP contribution in [0.1, 0.15) is 43.8 Å². The van der Waals surface area contributed by atoms with E-state index in [2.05, 4.69) is 20.7 Å². The molecule has 3 rings (SSSR count). The third-order valence-electron chi connectivity index (χ3n) is 6.89. The fourth-order valence-corrected chi connectivity index (χ4v) is 5.43. The number of likely N-dealkylation sites (N-methyl/N-ethyl adjacent to an activating group) is 1. The number of nitrogens with zero attached hydrogens (tertiary/aromatic N) is 1. The Morgan fingerprint density at radius 2 is 2.11 bits per heavy atom. The molecule has 3 N–H and O–H groups in total. The fourth-order valence-electron chi connectivity index (χ4n) is 5.20. The van der Waals surface area contributed by atoms with Crippen molar-refractivity contribution in [2.75, 3.05) is 60.2 Å². The lowest BCUT2D eigenvalue weighted by atomic mass is 9.88. The zero-order chi connectivity index (χ0) is 26.6. The maximum Gasteiger partial charge on any atom is 0.406 e. The standard InChI is InChI=1S/C26H40ClFN4O5/c1-29-15-23(11-18-5-4-9-36-17-18)31-25(33)32-8-3-6-19(16-32)24(37-10-7-30-26(34)35-2)20-12-21(27)14-22(28)13-20/h12-14,18-19,23-24,29H,3-11,15-17H2,1-2H3,(H,30,34)(H,31,33)/t18?,19-,23-,24?/m1/s1. The molecule has 2 fully saturated rings. The highest BCUT2D eigenvalue weighted by Crippen LogP contribution is 2.34. The van der Waals surface area contributed by atoms with Gasteiger partial charge in [-0.25, -0.2) is 14.0 Å². The summed E-state index contributed by atoms with van der Waals surface area (Å²) in [6.07, 6.45) is 3.60. The summed E-state index contributed by atoms with van der Waals surface area (Å²) in [5, 5.41) is 9.26.